The molecule has 0 aromatic heterocycles. The van der Waals surface area contributed by atoms with Crippen molar-refractivity contribution < 1.29 is 23.9 Å². The molecule has 0 unspecified atom stereocenters. The van der Waals surface area contributed by atoms with Crippen LogP contribution in [0, 0.1) is 10.1 Å². The van der Waals surface area contributed by atoms with Crippen molar-refractivity contribution in [2.75, 3.05) is 13.2 Å². The molecular formula is C16H19NO6. The number of hydrogen-bond acceptors (Lipinski definition) is 6. The monoisotopic (exact) mass is 321 g/mol. The summed E-state index contributed by atoms with van der Waals surface area (Å²) in [5, 5.41) is 11.3. The second kappa shape index (κ2) is 7.23. The summed E-state index contributed by atoms with van der Waals surface area (Å²) in [7, 11) is 0. The van der Waals surface area contributed by atoms with E-state index >= 15 is 0 Å². The average molecular weight is 321 g/mol. The van der Waals surface area contributed by atoms with Gasteiger partial charge < -0.3 is 14.2 Å². The molecule has 2 rings (SSSR count). The summed E-state index contributed by atoms with van der Waals surface area (Å²) in [5.41, 5.74) is 0.553. The number of nitrogens with zero attached hydrogens (tertiary/aromatic N) is 1. The largest absolute Gasteiger partial charge is 0.468 e. The van der Waals surface area contributed by atoms with Crippen molar-refractivity contribution in [1.29, 1.82) is 0 Å². The normalized spacial score (nSPS) is 20.3. The Hall–Kier alpha value is -2.41. The standard InChI is InChI=1S/C16H19NO6/c1-4-21-15(18)13-10(3)23-16(22-5-2)14(13)11-8-6-7-9-12(11)17(19)20/h6-9,14,16H,4-5H2,1-3H3/t14-,16-/m0/s1. The van der Waals surface area contributed by atoms with Crippen LogP contribution in [-0.4, -0.2) is 30.4 Å². The Morgan fingerprint density at radius 2 is 2.00 bits per heavy atom. The topological polar surface area (TPSA) is 87.9 Å². The first-order valence-electron chi connectivity index (χ1n) is 7.40. The highest BCUT2D eigenvalue weighted by Gasteiger charge is 2.44. The number of nitro benzene ring substituents is 1. The molecule has 1 aromatic carbocycles. The molecule has 0 amide bonds. The van der Waals surface area contributed by atoms with Crippen molar-refractivity contribution in [3.8, 4) is 0 Å². The maximum Gasteiger partial charge on any atom is 0.338 e. The summed E-state index contributed by atoms with van der Waals surface area (Å²) >= 11 is 0. The summed E-state index contributed by atoms with van der Waals surface area (Å²) in [4.78, 5) is 23.1. The van der Waals surface area contributed by atoms with E-state index in [0.29, 0.717) is 17.9 Å². The van der Waals surface area contributed by atoms with Crippen LogP contribution in [0.5, 0.6) is 0 Å². The van der Waals surface area contributed by atoms with Gasteiger partial charge in [0, 0.05) is 18.2 Å². The highest BCUT2D eigenvalue weighted by atomic mass is 16.7. The Balaban J connectivity index is 2.53. The van der Waals surface area contributed by atoms with E-state index in [4.69, 9.17) is 14.2 Å². The van der Waals surface area contributed by atoms with Gasteiger partial charge in [0.25, 0.3) is 5.69 Å². The summed E-state index contributed by atoms with van der Waals surface area (Å²) in [6.07, 6.45) is -0.791. The molecule has 7 heteroatoms. The van der Waals surface area contributed by atoms with Gasteiger partial charge in [-0.25, -0.2) is 4.79 Å². The lowest BCUT2D eigenvalue weighted by Crippen LogP contribution is -2.24. The molecule has 1 aromatic rings. The molecule has 0 spiro atoms. The van der Waals surface area contributed by atoms with Crippen LogP contribution < -0.4 is 0 Å². The van der Waals surface area contributed by atoms with Gasteiger partial charge in [-0.3, -0.25) is 10.1 Å². The maximum absolute atomic E-state index is 12.3. The van der Waals surface area contributed by atoms with Gasteiger partial charge in [0.15, 0.2) is 0 Å². The molecule has 0 fully saturated rings. The number of para-hydroxylation sites is 1. The first kappa shape index (κ1) is 17.0. The van der Waals surface area contributed by atoms with Crippen LogP contribution in [0.3, 0.4) is 0 Å². The number of hydrogen-bond donors (Lipinski definition) is 0. The Morgan fingerprint density at radius 1 is 1.30 bits per heavy atom. The molecule has 1 aliphatic heterocycles. The third-order valence-corrected chi connectivity index (χ3v) is 3.55. The number of esters is 1. The zero-order valence-corrected chi connectivity index (χ0v) is 13.3. The number of carbonyl (C=O) groups excluding carboxylic acids is 1. The van der Waals surface area contributed by atoms with Crippen LogP contribution in [-0.2, 0) is 19.0 Å². The van der Waals surface area contributed by atoms with Crippen LogP contribution in [0.2, 0.25) is 0 Å². The van der Waals surface area contributed by atoms with E-state index in [2.05, 4.69) is 0 Å². The predicted octanol–water partition coefficient (Wildman–Crippen LogP) is 2.91. The van der Waals surface area contributed by atoms with Gasteiger partial charge in [0.2, 0.25) is 6.29 Å². The zero-order valence-electron chi connectivity index (χ0n) is 13.3. The minimum Gasteiger partial charge on any atom is -0.468 e. The molecule has 7 nitrogen and oxygen atoms in total. The van der Waals surface area contributed by atoms with E-state index in [1.54, 1.807) is 39.0 Å². The molecule has 1 heterocycles. The van der Waals surface area contributed by atoms with Crippen molar-refractivity contribution in [2.24, 2.45) is 0 Å². The van der Waals surface area contributed by atoms with E-state index < -0.39 is 23.1 Å². The summed E-state index contributed by atoms with van der Waals surface area (Å²) in [6, 6.07) is 6.26. The van der Waals surface area contributed by atoms with Gasteiger partial charge >= 0.3 is 5.97 Å². The van der Waals surface area contributed by atoms with Crippen molar-refractivity contribution in [3.05, 3.63) is 51.3 Å². The van der Waals surface area contributed by atoms with Crippen LogP contribution >= 0.6 is 0 Å². The molecule has 124 valence electrons. The summed E-state index contributed by atoms with van der Waals surface area (Å²) < 4.78 is 16.2. The van der Waals surface area contributed by atoms with Gasteiger partial charge in [-0.15, -0.1) is 0 Å². The predicted molar refractivity (Wildman–Crippen MR) is 81.7 cm³/mol. The van der Waals surface area contributed by atoms with E-state index in [1.165, 1.54) is 6.07 Å². The molecular weight excluding hydrogens is 302 g/mol. The quantitative estimate of drug-likeness (QED) is 0.455. The fourth-order valence-corrected chi connectivity index (χ4v) is 2.65. The lowest BCUT2D eigenvalue weighted by Gasteiger charge is -2.20. The number of benzene rings is 1. The van der Waals surface area contributed by atoms with Crippen LogP contribution in [0.15, 0.2) is 35.6 Å². The second-order valence-electron chi connectivity index (χ2n) is 4.93. The summed E-state index contributed by atoms with van der Waals surface area (Å²) in [6.45, 7) is 5.68. The van der Waals surface area contributed by atoms with Crippen LogP contribution in [0.25, 0.3) is 0 Å². The van der Waals surface area contributed by atoms with E-state index in [0.717, 1.165) is 0 Å². The molecule has 23 heavy (non-hydrogen) atoms. The van der Waals surface area contributed by atoms with Crippen LogP contribution in [0.4, 0.5) is 5.69 Å². The van der Waals surface area contributed by atoms with Gasteiger partial charge in [0.1, 0.15) is 5.76 Å². The number of rotatable bonds is 6. The lowest BCUT2D eigenvalue weighted by molar-refractivity contribution is -0.385. The molecule has 0 saturated carbocycles. The zero-order chi connectivity index (χ0) is 17.0. The Morgan fingerprint density at radius 3 is 2.61 bits per heavy atom. The van der Waals surface area contributed by atoms with Gasteiger partial charge in [-0.1, -0.05) is 18.2 Å². The van der Waals surface area contributed by atoms with Crippen molar-refractivity contribution in [1.82, 2.24) is 0 Å². The highest BCUT2D eigenvalue weighted by molar-refractivity contribution is 5.91. The van der Waals surface area contributed by atoms with Gasteiger partial charge in [-0.2, -0.15) is 0 Å². The molecule has 0 saturated heterocycles. The third-order valence-electron chi connectivity index (χ3n) is 3.55. The number of nitro groups is 1. The van der Waals surface area contributed by atoms with Crippen molar-refractivity contribution in [2.45, 2.75) is 33.0 Å². The minimum atomic E-state index is -0.791. The molecule has 0 aliphatic carbocycles. The van der Waals surface area contributed by atoms with E-state index in [1.807, 2.05) is 0 Å². The molecule has 1 aliphatic rings. The maximum atomic E-state index is 12.3. The van der Waals surface area contributed by atoms with Crippen LogP contribution in [0.1, 0.15) is 32.3 Å². The molecule has 2 atom stereocenters. The number of carbonyl (C=O) groups is 1. The van der Waals surface area contributed by atoms with Crippen molar-refractivity contribution >= 4 is 11.7 Å². The smallest absolute Gasteiger partial charge is 0.338 e. The SMILES string of the molecule is CCOC(=O)C1=C(C)O[C@H](OCC)[C@H]1c1ccccc1[N+](=O)[O-]. The fraction of sp³-hybridized carbons (Fsp3) is 0.438. The summed E-state index contributed by atoms with van der Waals surface area (Å²) in [5.74, 6) is -0.879. The molecule has 0 N–H and O–H groups in total. The lowest BCUT2D eigenvalue weighted by atomic mass is 9.90. The Labute approximate surface area is 134 Å². The molecule has 0 radical (unpaired) electrons. The average Bonchev–Trinajstić information content (AvgIpc) is 2.84. The van der Waals surface area contributed by atoms with Gasteiger partial charge in [0.05, 0.1) is 23.0 Å². The Kier molecular flexibility index (Phi) is 5.33. The first-order chi connectivity index (χ1) is 11.0. The Bertz CT molecular complexity index is 639. The number of ether oxygens (including phenoxy) is 3. The highest BCUT2D eigenvalue weighted by Crippen LogP contribution is 2.43. The van der Waals surface area contributed by atoms with Crippen molar-refractivity contribution in [3.63, 3.8) is 0 Å². The third kappa shape index (κ3) is 3.34. The second-order valence-corrected chi connectivity index (χ2v) is 4.93. The van der Waals surface area contributed by atoms with E-state index in [9.17, 15) is 14.9 Å². The van der Waals surface area contributed by atoms with Gasteiger partial charge in [-0.05, 0) is 20.8 Å². The molecule has 0 bridgehead atoms. The number of allylic oxidation sites excluding steroid dienone is 1. The fourth-order valence-electron chi connectivity index (χ4n) is 2.65. The first-order valence-corrected chi connectivity index (χ1v) is 7.40. The van der Waals surface area contributed by atoms with E-state index in [-0.39, 0.29) is 17.9 Å². The minimum absolute atomic E-state index is 0.0812.